The van der Waals surface area contributed by atoms with Gasteiger partial charge in [0, 0.05) is 6.42 Å². The van der Waals surface area contributed by atoms with Gasteiger partial charge in [-0.3, -0.25) is 4.79 Å². The number of esters is 1. The van der Waals surface area contributed by atoms with Crippen molar-refractivity contribution < 1.29 is 14.3 Å². The summed E-state index contributed by atoms with van der Waals surface area (Å²) in [4.78, 5) is 21.0. The van der Waals surface area contributed by atoms with E-state index < -0.39 is 0 Å². The normalized spacial score (nSPS) is 12.7. The van der Waals surface area contributed by atoms with Crippen molar-refractivity contribution in [3.8, 4) is 0 Å². The molecule has 0 radical (unpaired) electrons. The minimum atomic E-state index is -0.310. The molecule has 0 rings (SSSR count). The summed E-state index contributed by atoms with van der Waals surface area (Å²) in [7, 11) is 0. The van der Waals surface area contributed by atoms with Gasteiger partial charge in [-0.2, -0.15) is 0 Å². The van der Waals surface area contributed by atoms with E-state index in [0.29, 0.717) is 0 Å². The monoisotopic (exact) mass is 158 g/mol. The van der Waals surface area contributed by atoms with Crippen LogP contribution in [0.5, 0.6) is 0 Å². The van der Waals surface area contributed by atoms with E-state index in [1.807, 2.05) is 0 Å². The molecule has 0 saturated heterocycles. The molecule has 0 aromatic rings. The molecule has 0 N–H and O–H groups in total. The number of hydrogen-bond acceptors (Lipinski definition) is 3. The Morgan fingerprint density at radius 3 is 2.36 bits per heavy atom. The van der Waals surface area contributed by atoms with Crippen LogP contribution in [0, 0.1) is 5.92 Å². The molecule has 0 aliphatic heterocycles. The van der Waals surface area contributed by atoms with Crippen molar-refractivity contribution in [3.63, 3.8) is 0 Å². The number of aldehydes is 1. The lowest BCUT2D eigenvalue weighted by molar-refractivity contribution is -0.152. The van der Waals surface area contributed by atoms with Crippen LogP contribution in [0.25, 0.3) is 0 Å². The average Bonchev–Trinajstić information content (AvgIpc) is 1.86. The zero-order valence-corrected chi connectivity index (χ0v) is 7.16. The number of ether oxygens (including phenoxy) is 1. The van der Waals surface area contributed by atoms with Gasteiger partial charge in [0.15, 0.2) is 0 Å². The second kappa shape index (κ2) is 4.88. The second-order valence-corrected chi connectivity index (χ2v) is 2.79. The van der Waals surface area contributed by atoms with Crippen molar-refractivity contribution >= 4 is 12.3 Å². The highest BCUT2D eigenvalue weighted by Gasteiger charge is 2.14. The predicted octanol–water partition coefficient (Wildman–Crippen LogP) is 1.16. The fourth-order valence-electron chi connectivity index (χ4n) is 0.589. The van der Waals surface area contributed by atoms with Gasteiger partial charge in [0.1, 0.15) is 6.29 Å². The molecule has 0 fully saturated rings. The Bertz CT molecular complexity index is 140. The van der Waals surface area contributed by atoms with Gasteiger partial charge >= 0.3 is 5.97 Å². The second-order valence-electron chi connectivity index (χ2n) is 2.79. The summed E-state index contributed by atoms with van der Waals surface area (Å²) in [5.41, 5.74) is 0. The van der Waals surface area contributed by atoms with Gasteiger partial charge in [0.2, 0.25) is 0 Å². The Morgan fingerprint density at radius 2 is 2.00 bits per heavy atom. The van der Waals surface area contributed by atoms with E-state index in [1.165, 1.54) is 0 Å². The maximum absolute atomic E-state index is 11.0. The van der Waals surface area contributed by atoms with Crippen molar-refractivity contribution in [2.24, 2.45) is 5.92 Å². The summed E-state index contributed by atoms with van der Waals surface area (Å²) >= 11 is 0. The van der Waals surface area contributed by atoms with Gasteiger partial charge in [-0.05, 0) is 13.8 Å². The minimum absolute atomic E-state index is 0.100. The first kappa shape index (κ1) is 10.1. The highest BCUT2D eigenvalue weighted by Crippen LogP contribution is 2.03. The first-order valence-corrected chi connectivity index (χ1v) is 3.72. The third-order valence-corrected chi connectivity index (χ3v) is 1.20. The van der Waals surface area contributed by atoms with Crippen LogP contribution in [0.4, 0.5) is 0 Å². The van der Waals surface area contributed by atoms with Crippen LogP contribution in [-0.4, -0.2) is 18.4 Å². The molecule has 11 heavy (non-hydrogen) atoms. The van der Waals surface area contributed by atoms with E-state index in [9.17, 15) is 9.59 Å². The Balaban J connectivity index is 3.72. The lowest BCUT2D eigenvalue weighted by Crippen LogP contribution is -2.19. The highest BCUT2D eigenvalue weighted by molar-refractivity contribution is 5.75. The van der Waals surface area contributed by atoms with E-state index in [2.05, 4.69) is 0 Å². The third-order valence-electron chi connectivity index (χ3n) is 1.20. The summed E-state index contributed by atoms with van der Waals surface area (Å²) in [6, 6.07) is 0. The summed E-state index contributed by atoms with van der Waals surface area (Å²) < 4.78 is 4.87. The third kappa shape index (κ3) is 4.53. The minimum Gasteiger partial charge on any atom is -0.463 e. The number of hydrogen-bond donors (Lipinski definition) is 0. The quantitative estimate of drug-likeness (QED) is 0.455. The molecule has 0 saturated carbocycles. The van der Waals surface area contributed by atoms with Crippen molar-refractivity contribution in [2.75, 3.05) is 0 Å². The topological polar surface area (TPSA) is 43.4 Å². The average molecular weight is 158 g/mol. The summed E-state index contributed by atoms with van der Waals surface area (Å²) in [5, 5.41) is 0. The molecule has 1 unspecified atom stereocenters. The molecule has 0 spiro atoms. The van der Waals surface area contributed by atoms with Crippen LogP contribution in [0.3, 0.4) is 0 Å². The molecule has 3 heteroatoms. The van der Waals surface area contributed by atoms with Crippen molar-refractivity contribution in [1.82, 2.24) is 0 Å². The molecule has 0 aliphatic rings. The number of carbonyl (C=O) groups excluding carboxylic acids is 2. The molecular weight excluding hydrogens is 144 g/mol. The molecule has 0 aliphatic carbocycles. The van der Waals surface area contributed by atoms with Gasteiger partial charge in [0.05, 0.1) is 12.0 Å². The number of carbonyl (C=O) groups is 2. The van der Waals surface area contributed by atoms with Crippen molar-refractivity contribution in [3.05, 3.63) is 0 Å². The van der Waals surface area contributed by atoms with Crippen LogP contribution in [0.1, 0.15) is 27.2 Å². The Hall–Kier alpha value is -0.860. The van der Waals surface area contributed by atoms with Crippen LogP contribution in [0.15, 0.2) is 0 Å². The first-order valence-electron chi connectivity index (χ1n) is 3.72. The molecule has 0 bridgehead atoms. The fourth-order valence-corrected chi connectivity index (χ4v) is 0.589. The summed E-state index contributed by atoms with van der Waals surface area (Å²) in [6.07, 6.45) is 0.870. The SMILES string of the molecule is CC(C)OC(=O)C(C)CC=O. The molecule has 0 aromatic carbocycles. The number of rotatable bonds is 4. The van der Waals surface area contributed by atoms with Gasteiger partial charge in [-0.1, -0.05) is 6.92 Å². The van der Waals surface area contributed by atoms with E-state index in [4.69, 9.17) is 4.74 Å². The van der Waals surface area contributed by atoms with E-state index in [-0.39, 0.29) is 24.4 Å². The first-order chi connectivity index (χ1) is 5.07. The Morgan fingerprint density at radius 1 is 1.45 bits per heavy atom. The van der Waals surface area contributed by atoms with E-state index in [0.717, 1.165) is 6.29 Å². The van der Waals surface area contributed by atoms with Crippen LogP contribution in [0.2, 0.25) is 0 Å². The standard InChI is InChI=1S/C8H14O3/c1-6(2)11-8(10)7(3)4-5-9/h5-7H,4H2,1-3H3. The lowest BCUT2D eigenvalue weighted by Gasteiger charge is -2.10. The predicted molar refractivity (Wildman–Crippen MR) is 41.1 cm³/mol. The molecule has 0 aromatic heterocycles. The highest BCUT2D eigenvalue weighted by atomic mass is 16.5. The molecule has 0 heterocycles. The van der Waals surface area contributed by atoms with E-state index >= 15 is 0 Å². The fraction of sp³-hybridized carbons (Fsp3) is 0.750. The lowest BCUT2D eigenvalue weighted by atomic mass is 10.1. The summed E-state index contributed by atoms with van der Waals surface area (Å²) in [6.45, 7) is 5.25. The van der Waals surface area contributed by atoms with Crippen molar-refractivity contribution in [1.29, 1.82) is 0 Å². The Kier molecular flexibility index (Phi) is 4.50. The molecule has 64 valence electrons. The largest absolute Gasteiger partial charge is 0.463 e. The molecular formula is C8H14O3. The van der Waals surface area contributed by atoms with Crippen LogP contribution in [-0.2, 0) is 14.3 Å². The smallest absolute Gasteiger partial charge is 0.309 e. The Labute approximate surface area is 66.7 Å². The van der Waals surface area contributed by atoms with Crippen LogP contribution >= 0.6 is 0 Å². The summed E-state index contributed by atoms with van der Waals surface area (Å²) in [5.74, 6) is -0.609. The maximum Gasteiger partial charge on any atom is 0.309 e. The molecule has 0 amide bonds. The van der Waals surface area contributed by atoms with Gasteiger partial charge < -0.3 is 9.53 Å². The zero-order chi connectivity index (χ0) is 8.85. The van der Waals surface area contributed by atoms with Gasteiger partial charge in [-0.25, -0.2) is 0 Å². The molecule has 3 nitrogen and oxygen atoms in total. The maximum atomic E-state index is 11.0. The van der Waals surface area contributed by atoms with Gasteiger partial charge in [0.25, 0.3) is 0 Å². The molecule has 1 atom stereocenters. The zero-order valence-electron chi connectivity index (χ0n) is 7.16. The van der Waals surface area contributed by atoms with E-state index in [1.54, 1.807) is 20.8 Å². The van der Waals surface area contributed by atoms with Crippen molar-refractivity contribution in [2.45, 2.75) is 33.3 Å². The van der Waals surface area contributed by atoms with Gasteiger partial charge in [-0.15, -0.1) is 0 Å². The van der Waals surface area contributed by atoms with Crippen LogP contribution < -0.4 is 0 Å².